The number of hydrogen-bond donors (Lipinski definition) is 1. The van der Waals surface area contributed by atoms with E-state index in [-0.39, 0.29) is 11.7 Å². The number of carbonyl (C=O) groups excluding carboxylic acids is 2. The van der Waals surface area contributed by atoms with E-state index in [1.807, 2.05) is 11.4 Å². The minimum absolute atomic E-state index is 0.163. The Morgan fingerprint density at radius 3 is 2.80 bits per heavy atom. The number of carbonyl (C=O) groups is 2. The summed E-state index contributed by atoms with van der Waals surface area (Å²) in [6.45, 7) is 0. The number of furan rings is 1. The van der Waals surface area contributed by atoms with Gasteiger partial charge < -0.3 is 14.5 Å². The first-order valence-corrected chi connectivity index (χ1v) is 9.00. The van der Waals surface area contributed by atoms with E-state index in [9.17, 15) is 9.59 Å². The summed E-state index contributed by atoms with van der Waals surface area (Å²) in [5, 5.41) is 13.2. The second-order valence-corrected chi connectivity index (χ2v) is 6.68. The van der Waals surface area contributed by atoms with E-state index in [4.69, 9.17) is 4.42 Å². The van der Waals surface area contributed by atoms with E-state index in [1.54, 1.807) is 30.3 Å². The summed E-state index contributed by atoms with van der Waals surface area (Å²) >= 11 is 2.76. The predicted octanol–water partition coefficient (Wildman–Crippen LogP) is 3.46. The molecule has 0 saturated heterocycles. The molecule has 25 heavy (non-hydrogen) atoms. The maximum atomic E-state index is 11.9. The summed E-state index contributed by atoms with van der Waals surface area (Å²) in [6.07, 6.45) is 0. The Bertz CT molecular complexity index is 860. The number of esters is 1. The topological polar surface area (TPSA) is 94.3 Å². The van der Waals surface area contributed by atoms with Gasteiger partial charge in [0, 0.05) is 0 Å². The van der Waals surface area contributed by atoms with Gasteiger partial charge in [0.15, 0.2) is 5.82 Å². The van der Waals surface area contributed by atoms with Crippen LogP contribution in [0.25, 0.3) is 0 Å². The first-order chi connectivity index (χ1) is 12.2. The zero-order valence-corrected chi connectivity index (χ0v) is 14.7. The third-order valence-corrected chi connectivity index (χ3v) is 4.85. The lowest BCUT2D eigenvalue weighted by Gasteiger charge is -2.03. The van der Waals surface area contributed by atoms with Crippen LogP contribution in [-0.4, -0.2) is 29.2 Å². The molecule has 0 aliphatic rings. The Morgan fingerprint density at radius 2 is 2.12 bits per heavy atom. The van der Waals surface area contributed by atoms with Crippen molar-refractivity contribution in [3.05, 3.63) is 58.2 Å². The van der Waals surface area contributed by atoms with Crippen molar-refractivity contribution >= 4 is 40.8 Å². The molecule has 7 nitrogen and oxygen atoms in total. The molecule has 1 N–H and O–H groups in total. The molecule has 0 bridgehead atoms. The van der Waals surface area contributed by atoms with Crippen LogP contribution in [0.5, 0.6) is 0 Å². The number of aromatic nitrogens is 2. The molecule has 128 valence electrons. The highest BCUT2D eigenvalue weighted by Crippen LogP contribution is 2.22. The number of thioether (sulfide) groups is 1. The molecule has 3 heterocycles. The maximum absolute atomic E-state index is 11.9. The molecule has 1 amide bonds. The molecule has 0 aromatic carbocycles. The number of nitrogens with one attached hydrogen (secondary N) is 1. The highest BCUT2D eigenvalue weighted by molar-refractivity contribution is 7.98. The normalized spacial score (nSPS) is 10.4. The van der Waals surface area contributed by atoms with Gasteiger partial charge in [0.1, 0.15) is 10.8 Å². The van der Waals surface area contributed by atoms with E-state index >= 15 is 0 Å². The molecule has 0 atom stereocenters. The molecule has 3 aromatic rings. The number of thiophene rings is 1. The molecule has 0 aliphatic heterocycles. The van der Waals surface area contributed by atoms with E-state index in [2.05, 4.69) is 20.3 Å². The Labute approximate surface area is 151 Å². The van der Waals surface area contributed by atoms with Crippen molar-refractivity contribution in [3.63, 3.8) is 0 Å². The fraction of sp³-hybridized carbons (Fsp3) is 0.125. The van der Waals surface area contributed by atoms with Crippen LogP contribution in [0.1, 0.15) is 26.0 Å². The zero-order valence-electron chi connectivity index (χ0n) is 13.1. The third-order valence-electron chi connectivity index (χ3n) is 3.04. The van der Waals surface area contributed by atoms with Crippen molar-refractivity contribution in [3.8, 4) is 0 Å². The minimum Gasteiger partial charge on any atom is -0.463 e. The Balaban J connectivity index is 1.55. The number of anilines is 1. The highest BCUT2D eigenvalue weighted by atomic mass is 32.2. The van der Waals surface area contributed by atoms with Gasteiger partial charge in [0.05, 0.1) is 17.7 Å². The number of rotatable bonds is 6. The van der Waals surface area contributed by atoms with Gasteiger partial charge in [0.2, 0.25) is 5.76 Å². The SMILES string of the molecule is COC(=O)c1ccc(CSc2ccc(NC(=O)c3cccs3)nn2)o1. The third kappa shape index (κ3) is 4.46. The summed E-state index contributed by atoms with van der Waals surface area (Å²) in [5.74, 6) is 0.941. The summed E-state index contributed by atoms with van der Waals surface area (Å²) in [6, 6.07) is 10.3. The van der Waals surface area contributed by atoms with Gasteiger partial charge in [-0.2, -0.15) is 0 Å². The average Bonchev–Trinajstić information content (AvgIpc) is 3.32. The summed E-state index contributed by atoms with van der Waals surface area (Å²) in [7, 11) is 1.30. The highest BCUT2D eigenvalue weighted by Gasteiger charge is 2.12. The van der Waals surface area contributed by atoms with Gasteiger partial charge in [-0.15, -0.1) is 21.5 Å². The molecule has 0 radical (unpaired) electrons. The zero-order chi connectivity index (χ0) is 17.6. The molecular formula is C16H13N3O4S2. The van der Waals surface area contributed by atoms with Crippen molar-refractivity contribution in [1.82, 2.24) is 10.2 Å². The van der Waals surface area contributed by atoms with Gasteiger partial charge in [-0.3, -0.25) is 4.79 Å². The predicted molar refractivity (Wildman–Crippen MR) is 93.9 cm³/mol. The minimum atomic E-state index is -0.512. The first kappa shape index (κ1) is 17.2. The van der Waals surface area contributed by atoms with E-state index < -0.39 is 5.97 Å². The van der Waals surface area contributed by atoms with Crippen molar-refractivity contribution < 1.29 is 18.7 Å². The first-order valence-electron chi connectivity index (χ1n) is 7.14. The van der Waals surface area contributed by atoms with Crippen molar-refractivity contribution in [2.24, 2.45) is 0 Å². The quantitative estimate of drug-likeness (QED) is 0.521. The van der Waals surface area contributed by atoms with Gasteiger partial charge in [-0.05, 0) is 35.7 Å². The molecule has 3 rings (SSSR count). The van der Waals surface area contributed by atoms with Gasteiger partial charge in [-0.25, -0.2) is 4.79 Å². The Kier molecular flexibility index (Phi) is 5.46. The molecule has 9 heteroatoms. The van der Waals surface area contributed by atoms with Crippen LogP contribution >= 0.6 is 23.1 Å². The van der Waals surface area contributed by atoms with Crippen LogP contribution < -0.4 is 5.32 Å². The lowest BCUT2D eigenvalue weighted by Crippen LogP contribution is -2.11. The van der Waals surface area contributed by atoms with E-state index in [0.717, 1.165) is 0 Å². The molecule has 3 aromatic heterocycles. The van der Waals surface area contributed by atoms with Crippen LogP contribution in [0.3, 0.4) is 0 Å². The number of nitrogens with zero attached hydrogens (tertiary/aromatic N) is 2. The Hall–Kier alpha value is -2.65. The smallest absolute Gasteiger partial charge is 0.373 e. The van der Waals surface area contributed by atoms with E-state index in [1.165, 1.54) is 30.2 Å². The monoisotopic (exact) mass is 375 g/mol. The Morgan fingerprint density at radius 1 is 1.24 bits per heavy atom. The molecule has 0 aliphatic carbocycles. The lowest BCUT2D eigenvalue weighted by molar-refractivity contribution is 0.0563. The molecule has 0 spiro atoms. The number of hydrogen-bond acceptors (Lipinski definition) is 8. The summed E-state index contributed by atoms with van der Waals surface area (Å²) < 4.78 is 9.96. The van der Waals surface area contributed by atoms with Gasteiger partial charge in [-0.1, -0.05) is 17.8 Å². The van der Waals surface area contributed by atoms with Crippen molar-refractivity contribution in [1.29, 1.82) is 0 Å². The fourth-order valence-corrected chi connectivity index (χ4v) is 3.19. The van der Waals surface area contributed by atoms with Crippen LogP contribution in [0.4, 0.5) is 5.82 Å². The summed E-state index contributed by atoms with van der Waals surface area (Å²) in [4.78, 5) is 23.9. The molecular weight excluding hydrogens is 362 g/mol. The maximum Gasteiger partial charge on any atom is 0.373 e. The van der Waals surface area contributed by atoms with Crippen LogP contribution in [0, 0.1) is 0 Å². The fourth-order valence-electron chi connectivity index (χ4n) is 1.86. The van der Waals surface area contributed by atoms with Gasteiger partial charge in [0.25, 0.3) is 5.91 Å². The summed E-state index contributed by atoms with van der Waals surface area (Å²) in [5.41, 5.74) is 0. The number of amides is 1. The second kappa shape index (κ2) is 7.95. The van der Waals surface area contributed by atoms with Gasteiger partial charge >= 0.3 is 5.97 Å². The van der Waals surface area contributed by atoms with Crippen LogP contribution in [0.2, 0.25) is 0 Å². The lowest BCUT2D eigenvalue weighted by atomic mass is 10.4. The second-order valence-electron chi connectivity index (χ2n) is 4.73. The van der Waals surface area contributed by atoms with Crippen LogP contribution in [-0.2, 0) is 10.5 Å². The largest absolute Gasteiger partial charge is 0.463 e. The van der Waals surface area contributed by atoms with Crippen molar-refractivity contribution in [2.45, 2.75) is 10.8 Å². The molecule has 0 fully saturated rings. The number of ether oxygens (including phenoxy) is 1. The molecule has 0 unspecified atom stereocenters. The van der Waals surface area contributed by atoms with Crippen molar-refractivity contribution in [2.75, 3.05) is 12.4 Å². The molecule has 0 saturated carbocycles. The average molecular weight is 375 g/mol. The van der Waals surface area contributed by atoms with E-state index in [0.29, 0.717) is 27.2 Å². The van der Waals surface area contributed by atoms with Crippen LogP contribution in [0.15, 0.2) is 51.2 Å². The standard InChI is InChI=1S/C16H13N3O4S2/c1-22-16(21)11-5-4-10(23-11)9-25-14-7-6-13(18-19-14)17-15(20)12-3-2-8-24-12/h2-8H,9H2,1H3,(H,17,18,20). The number of methoxy groups -OCH3 is 1.